The van der Waals surface area contributed by atoms with Crippen LogP contribution >= 0.6 is 0 Å². The first-order chi connectivity index (χ1) is 8.66. The molecule has 0 radical (unpaired) electrons. The van der Waals surface area contributed by atoms with Crippen molar-refractivity contribution in [3.63, 3.8) is 0 Å². The molecule has 0 atom stereocenters. The van der Waals surface area contributed by atoms with Crippen LogP contribution in [-0.2, 0) is 6.54 Å². The second kappa shape index (κ2) is 5.31. The minimum atomic E-state index is -0.583. The lowest BCUT2D eigenvalue weighted by Gasteiger charge is -2.07. The lowest BCUT2D eigenvalue weighted by atomic mass is 10.2. The quantitative estimate of drug-likeness (QED) is 0.854. The second-order valence-electron chi connectivity index (χ2n) is 3.69. The van der Waals surface area contributed by atoms with Crippen molar-refractivity contribution < 1.29 is 14.3 Å². The Bertz CT molecular complexity index is 540. The molecule has 0 saturated heterocycles. The molecule has 2 N–H and O–H groups in total. The molecular formula is C12H12FN3O2. The molecular weight excluding hydrogens is 237 g/mol. The summed E-state index contributed by atoms with van der Waals surface area (Å²) < 4.78 is 14.4. The van der Waals surface area contributed by atoms with Gasteiger partial charge in [0.05, 0.1) is 12.1 Å². The molecule has 1 amide bonds. The summed E-state index contributed by atoms with van der Waals surface area (Å²) in [6, 6.07) is 5.06. The maximum atomic E-state index is 12.7. The van der Waals surface area contributed by atoms with Gasteiger partial charge in [0.25, 0.3) is 5.91 Å². The van der Waals surface area contributed by atoms with Gasteiger partial charge in [-0.1, -0.05) is 0 Å². The predicted molar refractivity (Wildman–Crippen MR) is 62.6 cm³/mol. The second-order valence-corrected chi connectivity index (χ2v) is 3.69. The fourth-order valence-electron chi connectivity index (χ4n) is 1.51. The SMILES string of the molecule is O=C(NCCn1cccn1)c1ccc(F)cc1O. The molecule has 0 bridgehead atoms. The number of hydrogen-bond donors (Lipinski definition) is 2. The Morgan fingerprint density at radius 3 is 3.00 bits per heavy atom. The van der Waals surface area contributed by atoms with Gasteiger partial charge in [0.15, 0.2) is 0 Å². The van der Waals surface area contributed by atoms with Gasteiger partial charge in [0, 0.05) is 25.0 Å². The van der Waals surface area contributed by atoms with E-state index < -0.39 is 11.7 Å². The number of nitrogens with zero attached hydrogens (tertiary/aromatic N) is 2. The monoisotopic (exact) mass is 249 g/mol. The molecule has 1 aromatic heterocycles. The highest BCUT2D eigenvalue weighted by Gasteiger charge is 2.10. The Kier molecular flexibility index (Phi) is 3.57. The molecule has 94 valence electrons. The highest BCUT2D eigenvalue weighted by atomic mass is 19.1. The molecule has 0 unspecified atom stereocenters. The Hall–Kier alpha value is -2.37. The minimum Gasteiger partial charge on any atom is -0.507 e. The molecule has 2 aromatic rings. The largest absolute Gasteiger partial charge is 0.507 e. The van der Waals surface area contributed by atoms with E-state index in [0.29, 0.717) is 13.1 Å². The number of hydrogen-bond acceptors (Lipinski definition) is 3. The number of carbonyl (C=O) groups excluding carboxylic acids is 1. The first-order valence-electron chi connectivity index (χ1n) is 5.41. The van der Waals surface area contributed by atoms with Crippen molar-refractivity contribution in [2.75, 3.05) is 6.54 Å². The van der Waals surface area contributed by atoms with E-state index in [-0.39, 0.29) is 11.3 Å². The topological polar surface area (TPSA) is 67.2 Å². The van der Waals surface area contributed by atoms with Gasteiger partial charge in [-0.25, -0.2) is 4.39 Å². The number of aromatic hydroxyl groups is 1. The molecule has 18 heavy (non-hydrogen) atoms. The highest BCUT2D eigenvalue weighted by molar-refractivity contribution is 5.96. The van der Waals surface area contributed by atoms with Crippen molar-refractivity contribution in [1.29, 1.82) is 0 Å². The number of aromatic nitrogens is 2. The number of phenolic OH excluding ortho intramolecular Hbond substituents is 1. The summed E-state index contributed by atoms with van der Waals surface area (Å²) in [7, 11) is 0. The van der Waals surface area contributed by atoms with Crippen LogP contribution in [0.25, 0.3) is 0 Å². The standard InChI is InChI=1S/C12H12FN3O2/c13-9-2-3-10(11(17)8-9)12(18)14-5-7-16-6-1-4-15-16/h1-4,6,8,17H,5,7H2,(H,14,18). The van der Waals surface area contributed by atoms with Crippen LogP contribution in [0.1, 0.15) is 10.4 Å². The van der Waals surface area contributed by atoms with Crippen molar-refractivity contribution in [3.05, 3.63) is 48.0 Å². The zero-order valence-corrected chi connectivity index (χ0v) is 9.51. The number of rotatable bonds is 4. The van der Waals surface area contributed by atoms with E-state index in [1.807, 2.05) is 0 Å². The van der Waals surface area contributed by atoms with Gasteiger partial charge in [0.2, 0.25) is 0 Å². The Labute approximate surface area is 103 Å². The van der Waals surface area contributed by atoms with E-state index in [1.165, 1.54) is 6.07 Å². The van der Waals surface area contributed by atoms with Crippen LogP contribution < -0.4 is 5.32 Å². The number of carbonyl (C=O) groups is 1. The molecule has 0 saturated carbocycles. The molecule has 0 spiro atoms. The molecule has 0 fully saturated rings. The van der Waals surface area contributed by atoms with Gasteiger partial charge in [0.1, 0.15) is 11.6 Å². The van der Waals surface area contributed by atoms with Crippen molar-refractivity contribution in [3.8, 4) is 5.75 Å². The smallest absolute Gasteiger partial charge is 0.255 e. The van der Waals surface area contributed by atoms with Crippen LogP contribution in [0.4, 0.5) is 4.39 Å². The van der Waals surface area contributed by atoms with Gasteiger partial charge < -0.3 is 10.4 Å². The average Bonchev–Trinajstić information content (AvgIpc) is 2.81. The summed E-state index contributed by atoms with van der Waals surface area (Å²) in [5, 5.41) is 16.0. The van der Waals surface area contributed by atoms with Crippen LogP contribution in [0, 0.1) is 5.82 Å². The third kappa shape index (κ3) is 2.85. The first-order valence-corrected chi connectivity index (χ1v) is 5.41. The fourth-order valence-corrected chi connectivity index (χ4v) is 1.51. The normalized spacial score (nSPS) is 10.3. The maximum Gasteiger partial charge on any atom is 0.255 e. The van der Waals surface area contributed by atoms with Gasteiger partial charge in [-0.15, -0.1) is 0 Å². The molecule has 5 nitrogen and oxygen atoms in total. The summed E-state index contributed by atoms with van der Waals surface area (Å²) in [6.07, 6.45) is 3.43. The average molecular weight is 249 g/mol. The number of halogens is 1. The number of nitrogens with one attached hydrogen (secondary N) is 1. The van der Waals surface area contributed by atoms with Crippen molar-refractivity contribution >= 4 is 5.91 Å². The van der Waals surface area contributed by atoms with Gasteiger partial charge >= 0.3 is 0 Å². The third-order valence-corrected chi connectivity index (χ3v) is 2.39. The van der Waals surface area contributed by atoms with Crippen LogP contribution in [0.2, 0.25) is 0 Å². The summed E-state index contributed by atoms with van der Waals surface area (Å²) in [4.78, 5) is 11.7. The van der Waals surface area contributed by atoms with Crippen LogP contribution in [-0.4, -0.2) is 27.3 Å². The molecule has 0 aliphatic heterocycles. The van der Waals surface area contributed by atoms with Crippen LogP contribution in [0.15, 0.2) is 36.7 Å². The van der Waals surface area contributed by atoms with Gasteiger partial charge in [-0.05, 0) is 18.2 Å². The summed E-state index contributed by atoms with van der Waals surface area (Å²) in [6.45, 7) is 0.901. The first kappa shape index (κ1) is 12.1. The number of benzene rings is 1. The Balaban J connectivity index is 1.91. The van der Waals surface area contributed by atoms with E-state index in [2.05, 4.69) is 10.4 Å². The molecule has 6 heteroatoms. The number of phenols is 1. The van der Waals surface area contributed by atoms with Crippen molar-refractivity contribution in [2.45, 2.75) is 6.54 Å². The van der Waals surface area contributed by atoms with Crippen LogP contribution in [0.3, 0.4) is 0 Å². The van der Waals surface area contributed by atoms with E-state index in [0.717, 1.165) is 12.1 Å². The summed E-state index contributed by atoms with van der Waals surface area (Å²) in [5.41, 5.74) is 0.0527. The molecule has 2 rings (SSSR count). The zero-order valence-electron chi connectivity index (χ0n) is 9.51. The molecule has 0 aliphatic rings. The van der Waals surface area contributed by atoms with E-state index in [9.17, 15) is 14.3 Å². The summed E-state index contributed by atoms with van der Waals surface area (Å²) >= 11 is 0. The lowest BCUT2D eigenvalue weighted by molar-refractivity contribution is 0.0949. The van der Waals surface area contributed by atoms with Gasteiger partial charge in [-0.2, -0.15) is 5.10 Å². The molecule has 1 aromatic carbocycles. The summed E-state index contributed by atoms with van der Waals surface area (Å²) in [5.74, 6) is -1.40. The van der Waals surface area contributed by atoms with Crippen molar-refractivity contribution in [1.82, 2.24) is 15.1 Å². The van der Waals surface area contributed by atoms with Crippen molar-refractivity contribution in [2.24, 2.45) is 0 Å². The van der Waals surface area contributed by atoms with E-state index in [4.69, 9.17) is 0 Å². The van der Waals surface area contributed by atoms with Crippen LogP contribution in [0.5, 0.6) is 5.75 Å². The Morgan fingerprint density at radius 2 is 2.33 bits per heavy atom. The zero-order chi connectivity index (χ0) is 13.0. The fraction of sp³-hybridized carbons (Fsp3) is 0.167. The third-order valence-electron chi connectivity index (χ3n) is 2.39. The predicted octanol–water partition coefficient (Wildman–Crippen LogP) is 1.16. The lowest BCUT2D eigenvalue weighted by Crippen LogP contribution is -2.27. The van der Waals surface area contributed by atoms with E-state index in [1.54, 1.807) is 23.1 Å². The molecule has 1 heterocycles. The highest BCUT2D eigenvalue weighted by Crippen LogP contribution is 2.17. The van der Waals surface area contributed by atoms with E-state index >= 15 is 0 Å². The Morgan fingerprint density at radius 1 is 1.50 bits per heavy atom. The minimum absolute atomic E-state index is 0.0527. The van der Waals surface area contributed by atoms with Gasteiger partial charge in [-0.3, -0.25) is 9.48 Å². The maximum absolute atomic E-state index is 12.7. The molecule has 0 aliphatic carbocycles. The number of amides is 1.